The van der Waals surface area contributed by atoms with Gasteiger partial charge in [-0.3, -0.25) is 9.89 Å². The number of hydrogen-bond donors (Lipinski definition) is 2. The molecule has 0 aliphatic heterocycles. The monoisotopic (exact) mass is 500 g/mol. The summed E-state index contributed by atoms with van der Waals surface area (Å²) >= 11 is 0. The van der Waals surface area contributed by atoms with E-state index in [1.165, 1.54) is 5.56 Å². The molecule has 0 radical (unpaired) electrons. The molecule has 1 unspecified atom stereocenters. The van der Waals surface area contributed by atoms with Crippen LogP contribution in [-0.4, -0.2) is 53.7 Å². The lowest BCUT2D eigenvalue weighted by Crippen LogP contribution is -2.39. The second-order valence-electron chi connectivity index (χ2n) is 6.28. The fourth-order valence-electron chi connectivity index (χ4n) is 3.02. The average Bonchev–Trinajstić information content (AvgIpc) is 3.10. The van der Waals surface area contributed by atoms with E-state index in [9.17, 15) is 0 Å². The number of aliphatic imine (C=N–C) groups is 1. The predicted octanol–water partition coefficient (Wildman–Crippen LogP) is 3.18. The smallest absolute Gasteiger partial charge is 0.228 e. The van der Waals surface area contributed by atoms with Crippen molar-refractivity contribution in [1.29, 1.82) is 0 Å². The zero-order chi connectivity index (χ0) is 19.5. The van der Waals surface area contributed by atoms with Gasteiger partial charge in [-0.25, -0.2) is 0 Å². The van der Waals surface area contributed by atoms with Crippen LogP contribution in [0.4, 0.5) is 0 Å². The summed E-state index contributed by atoms with van der Waals surface area (Å²) in [6, 6.07) is 10.8. The van der Waals surface area contributed by atoms with E-state index in [4.69, 9.17) is 9.52 Å². The third-order valence-electron chi connectivity index (χ3n) is 4.40. The molecule has 0 aliphatic rings. The Bertz CT molecular complexity index is 687. The van der Waals surface area contributed by atoms with Crippen molar-refractivity contribution in [2.45, 2.75) is 40.2 Å². The van der Waals surface area contributed by atoms with Gasteiger partial charge in [0.05, 0.1) is 12.6 Å². The van der Waals surface area contributed by atoms with Crippen molar-refractivity contribution in [2.24, 2.45) is 4.99 Å². The number of nitrogens with zero attached hydrogens (tertiary/aromatic N) is 4. The largest absolute Gasteiger partial charge is 0.357 e. The molecule has 1 heterocycles. The minimum atomic E-state index is 0. The van der Waals surface area contributed by atoms with Crippen molar-refractivity contribution in [1.82, 2.24) is 25.7 Å². The number of aryl methyl sites for hydroxylation is 1. The normalized spacial score (nSPS) is 12.5. The molecule has 1 atom stereocenters. The molecular weight excluding hydrogens is 467 g/mol. The first kappa shape index (κ1) is 24.4. The predicted molar refractivity (Wildman–Crippen MR) is 124 cm³/mol. The van der Waals surface area contributed by atoms with Gasteiger partial charge < -0.3 is 15.2 Å². The minimum Gasteiger partial charge on any atom is -0.357 e. The first-order chi connectivity index (χ1) is 13.2. The fraction of sp³-hybridized carbons (Fsp3) is 0.550. The first-order valence-corrected chi connectivity index (χ1v) is 9.78. The van der Waals surface area contributed by atoms with Crippen molar-refractivity contribution in [3.8, 4) is 0 Å². The summed E-state index contributed by atoms with van der Waals surface area (Å²) in [6.07, 6.45) is 0.670. The van der Waals surface area contributed by atoms with Crippen LogP contribution in [0.3, 0.4) is 0 Å². The number of likely N-dealkylation sites (N-methyl/N-ethyl adjacent to an activating group) is 1. The van der Waals surface area contributed by atoms with Crippen LogP contribution in [0.5, 0.6) is 0 Å². The van der Waals surface area contributed by atoms with Crippen LogP contribution in [0.2, 0.25) is 0 Å². The Morgan fingerprint density at radius 3 is 2.43 bits per heavy atom. The summed E-state index contributed by atoms with van der Waals surface area (Å²) in [7, 11) is 0. The van der Waals surface area contributed by atoms with E-state index in [-0.39, 0.29) is 30.0 Å². The van der Waals surface area contributed by atoms with Crippen molar-refractivity contribution in [3.05, 3.63) is 47.6 Å². The van der Waals surface area contributed by atoms with Gasteiger partial charge >= 0.3 is 0 Å². The highest BCUT2D eigenvalue weighted by atomic mass is 127. The van der Waals surface area contributed by atoms with E-state index >= 15 is 0 Å². The Labute approximate surface area is 185 Å². The Morgan fingerprint density at radius 2 is 1.86 bits per heavy atom. The summed E-state index contributed by atoms with van der Waals surface area (Å²) < 4.78 is 5.15. The van der Waals surface area contributed by atoms with Crippen LogP contribution >= 0.6 is 24.0 Å². The van der Waals surface area contributed by atoms with Crippen molar-refractivity contribution in [2.75, 3.05) is 32.7 Å². The number of guanidine groups is 1. The maximum Gasteiger partial charge on any atom is 0.228 e. The molecule has 0 saturated heterocycles. The van der Waals surface area contributed by atoms with Crippen LogP contribution < -0.4 is 10.6 Å². The molecule has 28 heavy (non-hydrogen) atoms. The second-order valence-corrected chi connectivity index (χ2v) is 6.28. The molecular formula is C20H33IN6O. The second kappa shape index (κ2) is 13.5. The van der Waals surface area contributed by atoms with Gasteiger partial charge in [0.15, 0.2) is 11.8 Å². The fourth-order valence-corrected chi connectivity index (χ4v) is 3.02. The van der Waals surface area contributed by atoms with E-state index in [2.05, 4.69) is 76.8 Å². The van der Waals surface area contributed by atoms with Crippen LogP contribution in [0.1, 0.15) is 44.1 Å². The first-order valence-electron chi connectivity index (χ1n) is 9.78. The number of halogens is 1. The third kappa shape index (κ3) is 7.75. The van der Waals surface area contributed by atoms with E-state index in [1.54, 1.807) is 0 Å². The van der Waals surface area contributed by atoms with Crippen LogP contribution in [-0.2, 0) is 6.42 Å². The molecule has 0 aliphatic carbocycles. The van der Waals surface area contributed by atoms with E-state index in [0.717, 1.165) is 25.6 Å². The summed E-state index contributed by atoms with van der Waals surface area (Å²) in [4.78, 5) is 11.5. The Balaban J connectivity index is 0.00000392. The summed E-state index contributed by atoms with van der Waals surface area (Å²) in [6.45, 7) is 12.5. The Kier molecular flexibility index (Phi) is 11.7. The molecule has 0 bridgehead atoms. The third-order valence-corrected chi connectivity index (χ3v) is 4.40. The highest BCUT2D eigenvalue weighted by Crippen LogP contribution is 2.20. The number of benzene rings is 1. The van der Waals surface area contributed by atoms with Gasteiger partial charge in [-0.05, 0) is 32.5 Å². The maximum atomic E-state index is 5.15. The van der Waals surface area contributed by atoms with Crippen LogP contribution in [0.15, 0.2) is 39.8 Å². The van der Waals surface area contributed by atoms with Crippen LogP contribution in [0.25, 0.3) is 0 Å². The molecule has 0 spiro atoms. The lowest BCUT2D eigenvalue weighted by Gasteiger charge is -2.29. The lowest BCUT2D eigenvalue weighted by molar-refractivity contribution is 0.224. The number of aromatic nitrogens is 2. The number of nitrogens with one attached hydrogen (secondary N) is 2. The maximum absolute atomic E-state index is 5.15. The zero-order valence-electron chi connectivity index (χ0n) is 17.3. The average molecular weight is 500 g/mol. The molecule has 156 valence electrons. The van der Waals surface area contributed by atoms with E-state index in [0.29, 0.717) is 31.2 Å². The molecule has 2 aromatic rings. The summed E-state index contributed by atoms with van der Waals surface area (Å²) in [5.74, 6) is 2.11. The summed E-state index contributed by atoms with van der Waals surface area (Å²) in [5, 5.41) is 10.5. The van der Waals surface area contributed by atoms with Gasteiger partial charge in [-0.1, -0.05) is 49.3 Å². The number of hydrogen-bond acceptors (Lipinski definition) is 5. The molecule has 2 N–H and O–H groups in total. The molecule has 0 fully saturated rings. The molecule has 2 rings (SSSR count). The van der Waals surface area contributed by atoms with Gasteiger partial charge in [-0.15, -0.1) is 24.0 Å². The standard InChI is InChI=1S/C20H32N6O.HI/c1-5-21-20(22-14-13-19-24-16(4)25-27-19)23-15-18(26(6-2)7-3)17-11-9-8-10-12-17;/h8-12,18H,5-7,13-15H2,1-4H3,(H2,21,22,23);1H. The molecule has 0 saturated carbocycles. The Hall–Kier alpha value is -1.68. The SMILES string of the molecule is CCNC(=NCC(c1ccccc1)N(CC)CC)NCCc1nc(C)no1.I. The van der Waals surface area contributed by atoms with Crippen molar-refractivity contribution in [3.63, 3.8) is 0 Å². The van der Waals surface area contributed by atoms with Gasteiger partial charge in [0.2, 0.25) is 5.89 Å². The molecule has 1 aromatic heterocycles. The van der Waals surface area contributed by atoms with Gasteiger partial charge in [0.1, 0.15) is 0 Å². The zero-order valence-corrected chi connectivity index (χ0v) is 19.6. The van der Waals surface area contributed by atoms with Gasteiger partial charge in [0, 0.05) is 19.5 Å². The molecule has 0 amide bonds. The van der Waals surface area contributed by atoms with E-state index in [1.807, 2.05) is 6.92 Å². The van der Waals surface area contributed by atoms with Crippen molar-refractivity contribution >= 4 is 29.9 Å². The quantitative estimate of drug-likeness (QED) is 0.297. The highest BCUT2D eigenvalue weighted by molar-refractivity contribution is 14.0. The van der Waals surface area contributed by atoms with Gasteiger partial charge in [0.25, 0.3) is 0 Å². The van der Waals surface area contributed by atoms with E-state index < -0.39 is 0 Å². The number of rotatable bonds is 10. The lowest BCUT2D eigenvalue weighted by atomic mass is 10.1. The summed E-state index contributed by atoms with van der Waals surface area (Å²) in [5.41, 5.74) is 1.29. The Morgan fingerprint density at radius 1 is 1.14 bits per heavy atom. The van der Waals surface area contributed by atoms with Gasteiger partial charge in [-0.2, -0.15) is 4.98 Å². The van der Waals surface area contributed by atoms with Crippen molar-refractivity contribution < 1.29 is 4.52 Å². The minimum absolute atomic E-state index is 0. The highest BCUT2D eigenvalue weighted by Gasteiger charge is 2.17. The molecule has 1 aromatic carbocycles. The topological polar surface area (TPSA) is 78.6 Å². The van der Waals surface area contributed by atoms with Crippen LogP contribution in [0, 0.1) is 6.92 Å². The molecule has 7 nitrogen and oxygen atoms in total. The molecule has 8 heteroatoms.